The Morgan fingerprint density at radius 1 is 1.37 bits per heavy atom. The number of halogens is 3. The Balaban J connectivity index is 0.00000324. The zero-order valence-electron chi connectivity index (χ0n) is 11.9. The molecule has 0 saturated heterocycles. The molecule has 0 N–H and O–H groups in total. The second-order valence-electron chi connectivity index (χ2n) is 5.40. The molecule has 0 unspecified atom stereocenters. The van der Waals surface area contributed by atoms with Gasteiger partial charge in [0.05, 0.1) is 0 Å². The van der Waals surface area contributed by atoms with Crippen molar-refractivity contribution in [1.82, 2.24) is 4.90 Å². The Bertz CT molecular complexity index is 353. The van der Waals surface area contributed by atoms with Crippen LogP contribution in [0.15, 0.2) is 11.5 Å². The molecular formula is C11H18BF3KNO2. The van der Waals surface area contributed by atoms with Gasteiger partial charge in [-0.3, -0.25) is 0 Å². The molecule has 0 spiro atoms. The van der Waals surface area contributed by atoms with Gasteiger partial charge in [-0.2, -0.15) is 0 Å². The van der Waals surface area contributed by atoms with Crippen molar-refractivity contribution in [3.8, 4) is 0 Å². The predicted molar refractivity (Wildman–Crippen MR) is 64.2 cm³/mol. The number of rotatable bonds is 1. The third-order valence-electron chi connectivity index (χ3n) is 2.48. The van der Waals surface area contributed by atoms with Crippen LogP contribution in [0, 0.1) is 0 Å². The van der Waals surface area contributed by atoms with Gasteiger partial charge in [-0.15, -0.1) is 11.5 Å². The molecule has 0 atom stereocenters. The summed E-state index contributed by atoms with van der Waals surface area (Å²) in [4.78, 5) is 12.9. The summed E-state index contributed by atoms with van der Waals surface area (Å²) >= 11 is 0. The van der Waals surface area contributed by atoms with Crippen molar-refractivity contribution in [2.75, 3.05) is 13.1 Å². The first-order chi connectivity index (χ1) is 8.09. The van der Waals surface area contributed by atoms with E-state index in [0.29, 0.717) is 19.4 Å². The number of ether oxygens (including phenoxy) is 1. The van der Waals surface area contributed by atoms with Gasteiger partial charge < -0.3 is 22.6 Å². The van der Waals surface area contributed by atoms with Crippen LogP contribution < -0.4 is 51.4 Å². The van der Waals surface area contributed by atoms with Crippen LogP contribution in [-0.4, -0.2) is 36.7 Å². The monoisotopic (exact) mass is 303 g/mol. The Labute approximate surface area is 154 Å². The van der Waals surface area contributed by atoms with E-state index in [2.05, 4.69) is 0 Å². The summed E-state index contributed by atoms with van der Waals surface area (Å²) in [6, 6.07) is 0. The minimum atomic E-state index is -5.03. The van der Waals surface area contributed by atoms with Gasteiger partial charge in [-0.25, -0.2) is 4.79 Å². The number of hydrogen-bond acceptors (Lipinski definition) is 2. The average Bonchev–Trinajstić information content (AvgIpc) is 2.38. The van der Waals surface area contributed by atoms with Crippen molar-refractivity contribution in [3.63, 3.8) is 0 Å². The molecule has 1 rings (SSSR count). The topological polar surface area (TPSA) is 29.5 Å². The van der Waals surface area contributed by atoms with E-state index in [-0.39, 0.29) is 51.4 Å². The molecule has 0 aliphatic carbocycles. The molecule has 0 radical (unpaired) electrons. The first-order valence-corrected chi connectivity index (χ1v) is 5.96. The van der Waals surface area contributed by atoms with Gasteiger partial charge in [0, 0.05) is 13.1 Å². The zero-order chi connectivity index (χ0) is 14.0. The van der Waals surface area contributed by atoms with Crippen LogP contribution in [0.5, 0.6) is 0 Å². The van der Waals surface area contributed by atoms with E-state index >= 15 is 0 Å². The Hall–Kier alpha value is 0.501. The number of hydrogen-bond donors (Lipinski definition) is 0. The van der Waals surface area contributed by atoms with Gasteiger partial charge in [0.2, 0.25) is 0 Å². The van der Waals surface area contributed by atoms with E-state index in [1.165, 1.54) is 6.08 Å². The van der Waals surface area contributed by atoms with Crippen LogP contribution in [0.3, 0.4) is 0 Å². The maximum absolute atomic E-state index is 12.7. The van der Waals surface area contributed by atoms with E-state index in [1.54, 1.807) is 20.8 Å². The van der Waals surface area contributed by atoms with Gasteiger partial charge in [-0.05, 0) is 33.6 Å². The molecule has 1 amide bonds. The molecule has 104 valence electrons. The summed E-state index contributed by atoms with van der Waals surface area (Å²) < 4.78 is 43.2. The Morgan fingerprint density at radius 3 is 2.42 bits per heavy atom. The van der Waals surface area contributed by atoms with E-state index in [1.807, 2.05) is 0 Å². The van der Waals surface area contributed by atoms with Gasteiger partial charge >= 0.3 is 64.5 Å². The average molecular weight is 303 g/mol. The molecule has 0 aromatic carbocycles. The molecule has 0 aromatic heterocycles. The SMILES string of the molecule is CC(C)(C)OC(=O)N1CCCC=C([B-](F)(F)F)C1.[K+]. The molecule has 1 aliphatic heterocycles. The summed E-state index contributed by atoms with van der Waals surface area (Å²) in [6.45, 7) is -0.0805. The summed E-state index contributed by atoms with van der Waals surface area (Å²) in [5.41, 5.74) is -1.31. The molecule has 1 aliphatic rings. The van der Waals surface area contributed by atoms with Gasteiger partial charge in [0.1, 0.15) is 5.60 Å². The fraction of sp³-hybridized carbons (Fsp3) is 0.727. The molecule has 8 heteroatoms. The normalized spacial score (nSPS) is 17.2. The van der Waals surface area contributed by atoms with Crippen molar-refractivity contribution in [2.24, 2.45) is 0 Å². The minimum Gasteiger partial charge on any atom is -0.445 e. The molecule has 1 heterocycles. The Morgan fingerprint density at radius 2 is 1.95 bits per heavy atom. The van der Waals surface area contributed by atoms with E-state index in [4.69, 9.17) is 4.74 Å². The van der Waals surface area contributed by atoms with Crippen molar-refractivity contribution in [1.29, 1.82) is 0 Å². The molecular weight excluding hydrogens is 285 g/mol. The predicted octanol–water partition coefficient (Wildman–Crippen LogP) is 0.334. The smallest absolute Gasteiger partial charge is 0.445 e. The fourth-order valence-corrected chi connectivity index (χ4v) is 1.65. The molecule has 0 bridgehead atoms. The fourth-order valence-electron chi connectivity index (χ4n) is 1.65. The van der Waals surface area contributed by atoms with Crippen LogP contribution >= 0.6 is 0 Å². The quantitative estimate of drug-likeness (QED) is 0.654. The van der Waals surface area contributed by atoms with Crippen LogP contribution in [0.2, 0.25) is 0 Å². The zero-order valence-corrected chi connectivity index (χ0v) is 15.0. The maximum Gasteiger partial charge on any atom is 1.00 e. The van der Waals surface area contributed by atoms with Crippen LogP contribution in [-0.2, 0) is 4.74 Å². The van der Waals surface area contributed by atoms with Crippen molar-refractivity contribution >= 4 is 13.1 Å². The van der Waals surface area contributed by atoms with Gasteiger partial charge in [-0.1, -0.05) is 0 Å². The largest absolute Gasteiger partial charge is 1.00 e. The number of amides is 1. The summed E-state index contributed by atoms with van der Waals surface area (Å²) in [6.07, 6.45) is 1.37. The van der Waals surface area contributed by atoms with Crippen LogP contribution in [0.4, 0.5) is 17.7 Å². The number of carbonyl (C=O) groups excluding carboxylic acids is 1. The van der Waals surface area contributed by atoms with Crippen molar-refractivity contribution < 1.29 is 73.9 Å². The van der Waals surface area contributed by atoms with E-state index in [0.717, 1.165) is 4.90 Å². The molecule has 0 saturated carbocycles. The molecule has 19 heavy (non-hydrogen) atoms. The van der Waals surface area contributed by atoms with Gasteiger partial charge in [0.25, 0.3) is 0 Å². The molecule has 0 fully saturated rings. The second kappa shape index (κ2) is 7.49. The van der Waals surface area contributed by atoms with Gasteiger partial charge in [0.15, 0.2) is 0 Å². The van der Waals surface area contributed by atoms with E-state index in [9.17, 15) is 17.7 Å². The summed E-state index contributed by atoms with van der Waals surface area (Å²) in [7, 11) is 0. The maximum atomic E-state index is 12.7. The van der Waals surface area contributed by atoms with Crippen LogP contribution in [0.25, 0.3) is 0 Å². The standard InChI is InChI=1S/C11H18BF3NO2.K/c1-11(2,3)18-10(17)16-7-5-4-6-9(8-16)12(13,14)15;/h6H,4-5,7-8H2,1-3H3;/q-1;+1. The second-order valence-corrected chi connectivity index (χ2v) is 5.40. The van der Waals surface area contributed by atoms with Crippen LogP contribution in [0.1, 0.15) is 33.6 Å². The first kappa shape index (κ1) is 19.5. The third-order valence-corrected chi connectivity index (χ3v) is 2.48. The Kier molecular flexibility index (Phi) is 7.69. The summed E-state index contributed by atoms with van der Waals surface area (Å²) in [5, 5.41) is 0. The third kappa shape index (κ3) is 7.17. The molecule has 0 aromatic rings. The minimum absolute atomic E-state index is 0. The number of allylic oxidation sites excluding steroid dienone is 1. The van der Waals surface area contributed by atoms with E-state index < -0.39 is 30.7 Å². The molecule has 3 nitrogen and oxygen atoms in total. The van der Waals surface area contributed by atoms with Crippen molar-refractivity contribution in [3.05, 3.63) is 11.5 Å². The first-order valence-electron chi connectivity index (χ1n) is 5.96. The van der Waals surface area contributed by atoms with Crippen molar-refractivity contribution in [2.45, 2.75) is 39.2 Å². The summed E-state index contributed by atoms with van der Waals surface area (Å²) in [5.74, 6) is 0. The number of nitrogens with zero attached hydrogens (tertiary/aromatic N) is 1. The number of carbonyl (C=O) groups is 1.